The quantitative estimate of drug-likeness (QED) is 0.444. The molecule has 27 heavy (non-hydrogen) atoms. The van der Waals surface area contributed by atoms with Crippen molar-refractivity contribution >= 4 is 10.9 Å². The summed E-state index contributed by atoms with van der Waals surface area (Å²) in [6.45, 7) is 3.10. The lowest BCUT2D eigenvalue weighted by atomic mass is 10.1. The van der Waals surface area contributed by atoms with Gasteiger partial charge in [-0.25, -0.2) is 4.98 Å². The summed E-state index contributed by atoms with van der Waals surface area (Å²) in [6, 6.07) is 28.1. The number of pyridine rings is 1. The van der Waals surface area contributed by atoms with Crippen LogP contribution < -0.4 is 9.47 Å². The number of aryl methyl sites for hydroxylation is 1. The monoisotopic (exact) mass is 355 g/mol. The number of hydrogen-bond acceptors (Lipinski definition) is 3. The molecule has 4 aromatic rings. The molecule has 0 aliphatic carbocycles. The number of hydrogen-bond donors (Lipinski definition) is 0. The first kappa shape index (κ1) is 17.1. The molecule has 1 heterocycles. The smallest absolute Gasteiger partial charge is 0.130 e. The SMILES string of the molecule is Cc1ccccc1COc1ccc(OCc2ccc3ccccc3n2)cc1. The van der Waals surface area contributed by atoms with Gasteiger partial charge in [0.25, 0.3) is 0 Å². The largest absolute Gasteiger partial charge is 0.489 e. The molecule has 0 N–H and O–H groups in total. The topological polar surface area (TPSA) is 31.4 Å². The Morgan fingerprint density at radius 2 is 1.33 bits per heavy atom. The number of ether oxygens (including phenoxy) is 2. The summed E-state index contributed by atoms with van der Waals surface area (Å²) in [5.41, 5.74) is 4.33. The second-order valence-corrected chi connectivity index (χ2v) is 6.47. The van der Waals surface area contributed by atoms with E-state index in [1.807, 2.05) is 60.7 Å². The van der Waals surface area contributed by atoms with E-state index in [2.05, 4.69) is 36.2 Å². The molecule has 0 bridgehead atoms. The fourth-order valence-corrected chi connectivity index (χ4v) is 2.91. The standard InChI is InChI=1S/C24H21NO2/c1-18-6-2-3-8-20(18)16-26-22-12-14-23(15-13-22)27-17-21-11-10-19-7-4-5-9-24(19)25-21/h2-15H,16-17H2,1H3. The Labute approximate surface area is 159 Å². The van der Waals surface area contributed by atoms with Crippen LogP contribution in [-0.4, -0.2) is 4.98 Å². The van der Waals surface area contributed by atoms with Gasteiger partial charge in [-0.05, 0) is 54.4 Å². The number of para-hydroxylation sites is 1. The maximum absolute atomic E-state index is 5.87. The van der Waals surface area contributed by atoms with E-state index in [0.29, 0.717) is 13.2 Å². The summed E-state index contributed by atoms with van der Waals surface area (Å²) in [7, 11) is 0. The molecule has 0 aliphatic heterocycles. The zero-order valence-electron chi connectivity index (χ0n) is 15.3. The van der Waals surface area contributed by atoms with Gasteiger partial charge in [0.2, 0.25) is 0 Å². The van der Waals surface area contributed by atoms with Crippen molar-refractivity contribution in [3.8, 4) is 11.5 Å². The maximum Gasteiger partial charge on any atom is 0.130 e. The van der Waals surface area contributed by atoms with Crippen LogP contribution in [0.5, 0.6) is 11.5 Å². The molecule has 0 saturated heterocycles. The van der Waals surface area contributed by atoms with Crippen LogP contribution >= 0.6 is 0 Å². The predicted molar refractivity (Wildman–Crippen MR) is 108 cm³/mol. The molecule has 0 amide bonds. The molecule has 3 nitrogen and oxygen atoms in total. The van der Waals surface area contributed by atoms with Crippen molar-refractivity contribution in [2.75, 3.05) is 0 Å². The van der Waals surface area contributed by atoms with Crippen LogP contribution in [0.3, 0.4) is 0 Å². The minimum atomic E-state index is 0.439. The summed E-state index contributed by atoms with van der Waals surface area (Å²) < 4.78 is 11.7. The van der Waals surface area contributed by atoms with Gasteiger partial charge in [0, 0.05) is 5.39 Å². The molecule has 4 rings (SSSR count). The Bertz CT molecular complexity index is 1040. The van der Waals surface area contributed by atoms with Gasteiger partial charge in [-0.3, -0.25) is 0 Å². The van der Waals surface area contributed by atoms with Crippen LogP contribution in [-0.2, 0) is 13.2 Å². The van der Waals surface area contributed by atoms with Gasteiger partial charge in [-0.2, -0.15) is 0 Å². The van der Waals surface area contributed by atoms with Crippen molar-refractivity contribution < 1.29 is 9.47 Å². The van der Waals surface area contributed by atoms with Gasteiger partial charge >= 0.3 is 0 Å². The maximum atomic E-state index is 5.87. The molecule has 0 radical (unpaired) electrons. The summed E-state index contributed by atoms with van der Waals surface area (Å²) in [5, 5.41) is 1.14. The zero-order valence-corrected chi connectivity index (χ0v) is 15.3. The van der Waals surface area contributed by atoms with Crippen LogP contribution in [0.4, 0.5) is 0 Å². The molecule has 0 aliphatic rings. The Hall–Kier alpha value is -3.33. The highest BCUT2D eigenvalue weighted by molar-refractivity contribution is 5.78. The van der Waals surface area contributed by atoms with Gasteiger partial charge in [0.05, 0.1) is 11.2 Å². The van der Waals surface area contributed by atoms with E-state index in [1.165, 1.54) is 11.1 Å². The van der Waals surface area contributed by atoms with E-state index < -0.39 is 0 Å². The van der Waals surface area contributed by atoms with E-state index in [4.69, 9.17) is 9.47 Å². The van der Waals surface area contributed by atoms with E-state index in [-0.39, 0.29) is 0 Å². The third-order valence-corrected chi connectivity index (χ3v) is 4.52. The highest BCUT2D eigenvalue weighted by Gasteiger charge is 2.02. The molecular weight excluding hydrogens is 334 g/mol. The summed E-state index contributed by atoms with van der Waals surface area (Å²) in [6.07, 6.45) is 0. The van der Waals surface area contributed by atoms with Crippen molar-refractivity contribution in [3.05, 3.63) is 102 Å². The van der Waals surface area contributed by atoms with E-state index in [0.717, 1.165) is 28.1 Å². The Balaban J connectivity index is 1.35. The molecule has 0 spiro atoms. The van der Waals surface area contributed by atoms with Crippen molar-refractivity contribution in [2.45, 2.75) is 20.1 Å². The fraction of sp³-hybridized carbons (Fsp3) is 0.125. The van der Waals surface area contributed by atoms with Gasteiger partial charge in [-0.1, -0.05) is 48.5 Å². The number of fused-ring (bicyclic) bond motifs is 1. The van der Waals surface area contributed by atoms with Crippen molar-refractivity contribution in [2.24, 2.45) is 0 Å². The van der Waals surface area contributed by atoms with Gasteiger partial charge in [0.1, 0.15) is 24.7 Å². The third kappa shape index (κ3) is 4.26. The highest BCUT2D eigenvalue weighted by atomic mass is 16.5. The molecule has 1 aromatic heterocycles. The first-order chi connectivity index (χ1) is 13.3. The average molecular weight is 355 g/mol. The van der Waals surface area contributed by atoms with Gasteiger partial charge < -0.3 is 9.47 Å². The predicted octanol–water partition coefficient (Wildman–Crippen LogP) is 5.70. The minimum Gasteiger partial charge on any atom is -0.489 e. The van der Waals surface area contributed by atoms with Crippen LogP contribution in [0.1, 0.15) is 16.8 Å². The average Bonchev–Trinajstić information content (AvgIpc) is 2.72. The first-order valence-corrected chi connectivity index (χ1v) is 9.03. The van der Waals surface area contributed by atoms with Crippen LogP contribution in [0.25, 0.3) is 10.9 Å². The summed E-state index contributed by atoms with van der Waals surface area (Å²) in [4.78, 5) is 4.63. The van der Waals surface area contributed by atoms with E-state index in [9.17, 15) is 0 Å². The Kier molecular flexibility index (Phi) is 5.01. The molecule has 0 unspecified atom stereocenters. The summed E-state index contributed by atoms with van der Waals surface area (Å²) in [5.74, 6) is 1.63. The molecular formula is C24H21NO2. The molecule has 3 aromatic carbocycles. The molecule has 134 valence electrons. The second-order valence-electron chi connectivity index (χ2n) is 6.47. The van der Waals surface area contributed by atoms with Crippen molar-refractivity contribution in [1.82, 2.24) is 4.98 Å². The normalized spacial score (nSPS) is 10.7. The van der Waals surface area contributed by atoms with Crippen LogP contribution in [0.15, 0.2) is 84.9 Å². The van der Waals surface area contributed by atoms with Gasteiger partial charge in [-0.15, -0.1) is 0 Å². The lowest BCUT2D eigenvalue weighted by molar-refractivity contribution is 0.294. The van der Waals surface area contributed by atoms with Gasteiger partial charge in [0.15, 0.2) is 0 Å². The lowest BCUT2D eigenvalue weighted by Gasteiger charge is -2.10. The number of nitrogens with zero attached hydrogens (tertiary/aromatic N) is 1. The number of rotatable bonds is 6. The number of aromatic nitrogens is 1. The fourth-order valence-electron chi connectivity index (χ4n) is 2.91. The molecule has 0 fully saturated rings. The molecule has 0 saturated carbocycles. The van der Waals surface area contributed by atoms with E-state index >= 15 is 0 Å². The van der Waals surface area contributed by atoms with E-state index in [1.54, 1.807) is 0 Å². The Morgan fingerprint density at radius 1 is 0.667 bits per heavy atom. The molecule has 0 atom stereocenters. The van der Waals surface area contributed by atoms with Crippen LogP contribution in [0.2, 0.25) is 0 Å². The van der Waals surface area contributed by atoms with Crippen LogP contribution in [0, 0.1) is 6.92 Å². The summed E-state index contributed by atoms with van der Waals surface area (Å²) >= 11 is 0. The van der Waals surface area contributed by atoms with Crippen molar-refractivity contribution in [1.29, 1.82) is 0 Å². The lowest BCUT2D eigenvalue weighted by Crippen LogP contribution is -1.99. The van der Waals surface area contributed by atoms with Crippen molar-refractivity contribution in [3.63, 3.8) is 0 Å². The minimum absolute atomic E-state index is 0.439. The number of benzene rings is 3. The zero-order chi connectivity index (χ0) is 18.5. The molecule has 3 heteroatoms. The third-order valence-electron chi connectivity index (χ3n) is 4.52. The Morgan fingerprint density at radius 3 is 2.11 bits per heavy atom. The first-order valence-electron chi connectivity index (χ1n) is 9.03. The second kappa shape index (κ2) is 7.92. The highest BCUT2D eigenvalue weighted by Crippen LogP contribution is 2.20.